The molecule has 0 heterocycles. The van der Waals surface area contributed by atoms with Crippen molar-refractivity contribution in [2.45, 2.75) is 121 Å². The van der Waals surface area contributed by atoms with Gasteiger partial charge in [-0.25, -0.2) is 0 Å². The van der Waals surface area contributed by atoms with Crippen LogP contribution in [0.5, 0.6) is 0 Å². The molecule has 4 atom stereocenters. The predicted molar refractivity (Wildman–Crippen MR) is 106 cm³/mol. The fraction of sp³-hybridized carbons (Fsp3) is 1.00. The van der Waals surface area contributed by atoms with Crippen LogP contribution in [0, 0.1) is 0 Å². The Balaban J connectivity index is 4.02. The van der Waals surface area contributed by atoms with Crippen LogP contribution in [-0.4, -0.2) is 28.0 Å². The van der Waals surface area contributed by atoms with E-state index >= 15 is 0 Å². The number of hydrogen-bond acceptors (Lipinski definition) is 4. The SMILES string of the molecule is CCCCCCCC(CCCC(CCCCCCC)S(=O)[O-])S(=O)[O-]. The van der Waals surface area contributed by atoms with Crippen LogP contribution >= 0.6 is 0 Å². The maximum Gasteiger partial charge on any atom is 0.0215 e. The summed E-state index contributed by atoms with van der Waals surface area (Å²) >= 11 is -4.10. The lowest BCUT2D eigenvalue weighted by Gasteiger charge is -2.23. The van der Waals surface area contributed by atoms with E-state index < -0.39 is 22.2 Å². The molecule has 0 aliphatic heterocycles. The summed E-state index contributed by atoms with van der Waals surface area (Å²) in [6, 6.07) is 0. The smallest absolute Gasteiger partial charge is 0.0215 e. The van der Waals surface area contributed by atoms with Crippen LogP contribution in [0.25, 0.3) is 0 Å². The topological polar surface area (TPSA) is 80.3 Å². The van der Waals surface area contributed by atoms with Crippen LogP contribution in [0.4, 0.5) is 0 Å². The van der Waals surface area contributed by atoms with Gasteiger partial charge in [-0.15, -0.1) is 0 Å². The average molecular weight is 395 g/mol. The predicted octanol–water partition coefficient (Wildman–Crippen LogP) is 5.37. The van der Waals surface area contributed by atoms with Crippen molar-refractivity contribution in [1.29, 1.82) is 0 Å². The largest absolute Gasteiger partial charge is 0.772 e. The first-order valence-corrected chi connectivity index (χ1v) is 12.5. The zero-order valence-corrected chi connectivity index (χ0v) is 17.8. The molecular formula is C19H38O4S2-2. The Morgan fingerprint density at radius 2 is 0.880 bits per heavy atom. The fourth-order valence-electron chi connectivity index (χ4n) is 3.20. The Morgan fingerprint density at radius 1 is 0.560 bits per heavy atom. The maximum absolute atomic E-state index is 11.4. The van der Waals surface area contributed by atoms with E-state index in [2.05, 4.69) is 13.8 Å². The van der Waals surface area contributed by atoms with E-state index in [0.717, 1.165) is 25.7 Å². The molecule has 0 aliphatic carbocycles. The molecule has 0 radical (unpaired) electrons. The average Bonchev–Trinajstić information content (AvgIpc) is 2.57. The normalized spacial score (nSPS) is 16.5. The van der Waals surface area contributed by atoms with Gasteiger partial charge < -0.3 is 9.11 Å². The molecule has 0 amide bonds. The third-order valence-corrected chi connectivity index (χ3v) is 6.89. The van der Waals surface area contributed by atoms with Crippen molar-refractivity contribution in [3.63, 3.8) is 0 Å². The minimum absolute atomic E-state index is 0.313. The standard InChI is InChI=1S/C19H40O4S2/c1-3-5-7-9-11-14-18(24(20)21)16-13-17-19(25(22)23)15-12-10-8-6-4-2/h18-19H,3-17H2,1-2H3,(H,20,21)(H,22,23)/p-2. The van der Waals surface area contributed by atoms with Crippen molar-refractivity contribution in [3.05, 3.63) is 0 Å². The van der Waals surface area contributed by atoms with E-state index in [1.807, 2.05) is 0 Å². The molecule has 0 spiro atoms. The van der Waals surface area contributed by atoms with E-state index in [0.29, 0.717) is 32.1 Å². The summed E-state index contributed by atoms with van der Waals surface area (Å²) in [6.45, 7) is 4.32. The van der Waals surface area contributed by atoms with Gasteiger partial charge in [0.15, 0.2) is 0 Å². The summed E-state index contributed by atoms with van der Waals surface area (Å²) in [5.41, 5.74) is 0. The Morgan fingerprint density at radius 3 is 1.20 bits per heavy atom. The summed E-state index contributed by atoms with van der Waals surface area (Å²) in [5, 5.41) is -0.626. The lowest BCUT2D eigenvalue weighted by Crippen LogP contribution is -2.18. The first-order valence-electron chi connectivity index (χ1n) is 10.2. The van der Waals surface area contributed by atoms with Crippen LogP contribution < -0.4 is 0 Å². The molecule has 0 aromatic rings. The molecule has 0 aromatic heterocycles. The van der Waals surface area contributed by atoms with Gasteiger partial charge in [0, 0.05) is 10.5 Å². The van der Waals surface area contributed by atoms with E-state index in [9.17, 15) is 17.5 Å². The monoisotopic (exact) mass is 394 g/mol. The molecule has 4 nitrogen and oxygen atoms in total. The summed E-state index contributed by atoms with van der Waals surface area (Å²) in [5.74, 6) is 0. The van der Waals surface area contributed by atoms with Gasteiger partial charge in [-0.3, -0.25) is 8.42 Å². The highest BCUT2D eigenvalue weighted by Crippen LogP contribution is 2.20. The van der Waals surface area contributed by atoms with E-state index in [1.54, 1.807) is 0 Å². The van der Waals surface area contributed by atoms with Gasteiger partial charge in [0.2, 0.25) is 0 Å². The molecule has 0 bridgehead atoms. The Labute approximate surface area is 160 Å². The molecule has 152 valence electrons. The summed E-state index contributed by atoms with van der Waals surface area (Å²) in [6.07, 6.45) is 14.5. The second-order valence-corrected chi connectivity index (χ2v) is 9.48. The first-order chi connectivity index (χ1) is 12.0. The second kappa shape index (κ2) is 17.6. The number of rotatable bonds is 18. The lowest BCUT2D eigenvalue weighted by atomic mass is 10.0. The molecule has 0 fully saturated rings. The second-order valence-electron chi connectivity index (χ2n) is 7.10. The van der Waals surface area contributed by atoms with Crippen LogP contribution in [0.2, 0.25) is 0 Å². The highest BCUT2D eigenvalue weighted by Gasteiger charge is 2.13. The summed E-state index contributed by atoms with van der Waals surface area (Å²) in [7, 11) is 0. The van der Waals surface area contributed by atoms with Crippen molar-refractivity contribution >= 4 is 22.2 Å². The van der Waals surface area contributed by atoms with E-state index in [1.165, 1.54) is 38.5 Å². The van der Waals surface area contributed by atoms with Crippen molar-refractivity contribution < 1.29 is 17.5 Å². The third kappa shape index (κ3) is 15.0. The first kappa shape index (κ1) is 25.2. The van der Waals surface area contributed by atoms with E-state index in [4.69, 9.17) is 0 Å². The molecule has 0 aliphatic rings. The van der Waals surface area contributed by atoms with Crippen molar-refractivity contribution in [2.75, 3.05) is 0 Å². The van der Waals surface area contributed by atoms with Crippen molar-refractivity contribution in [2.24, 2.45) is 0 Å². The lowest BCUT2D eigenvalue weighted by molar-refractivity contribution is 0.472. The van der Waals surface area contributed by atoms with Gasteiger partial charge in [0.05, 0.1) is 0 Å². The molecule has 6 heteroatoms. The van der Waals surface area contributed by atoms with Gasteiger partial charge in [-0.1, -0.05) is 107 Å². The van der Waals surface area contributed by atoms with Gasteiger partial charge in [0.1, 0.15) is 0 Å². The number of unbranched alkanes of at least 4 members (excludes halogenated alkanes) is 8. The Kier molecular flexibility index (Phi) is 17.8. The van der Waals surface area contributed by atoms with Crippen LogP contribution in [0.15, 0.2) is 0 Å². The van der Waals surface area contributed by atoms with Gasteiger partial charge >= 0.3 is 0 Å². The van der Waals surface area contributed by atoms with Crippen LogP contribution in [0.1, 0.15) is 110 Å². The quantitative estimate of drug-likeness (QED) is 0.231. The van der Waals surface area contributed by atoms with Gasteiger partial charge in [0.25, 0.3) is 0 Å². The molecule has 0 aromatic carbocycles. The fourth-order valence-corrected chi connectivity index (χ4v) is 4.63. The molecule has 0 saturated heterocycles. The minimum atomic E-state index is -2.05. The van der Waals surface area contributed by atoms with Gasteiger partial charge in [-0.05, 0) is 25.7 Å². The molecule has 0 N–H and O–H groups in total. The highest BCUT2D eigenvalue weighted by molar-refractivity contribution is 7.80. The highest BCUT2D eigenvalue weighted by atomic mass is 32.2. The van der Waals surface area contributed by atoms with Crippen molar-refractivity contribution in [1.82, 2.24) is 0 Å². The molecular weight excluding hydrogens is 356 g/mol. The van der Waals surface area contributed by atoms with Gasteiger partial charge in [-0.2, -0.15) is 0 Å². The summed E-state index contributed by atoms with van der Waals surface area (Å²) < 4.78 is 45.5. The molecule has 4 unspecified atom stereocenters. The molecule has 0 saturated carbocycles. The number of hydrogen-bond donors (Lipinski definition) is 0. The minimum Gasteiger partial charge on any atom is -0.772 e. The van der Waals surface area contributed by atoms with E-state index in [-0.39, 0.29) is 10.5 Å². The Bertz CT molecular complexity index is 318. The van der Waals surface area contributed by atoms with Crippen LogP contribution in [-0.2, 0) is 22.2 Å². The zero-order valence-electron chi connectivity index (χ0n) is 16.2. The maximum atomic E-state index is 11.4. The molecule has 0 rings (SSSR count). The van der Waals surface area contributed by atoms with Crippen molar-refractivity contribution in [3.8, 4) is 0 Å². The molecule has 25 heavy (non-hydrogen) atoms. The van der Waals surface area contributed by atoms with Crippen LogP contribution in [0.3, 0.4) is 0 Å². The third-order valence-electron chi connectivity index (χ3n) is 4.86. The zero-order chi connectivity index (χ0) is 18.9. The summed E-state index contributed by atoms with van der Waals surface area (Å²) in [4.78, 5) is 0. The Hall–Kier alpha value is 0.220.